The van der Waals surface area contributed by atoms with Gasteiger partial charge in [0.1, 0.15) is 5.49 Å². The van der Waals surface area contributed by atoms with Gasteiger partial charge in [-0.3, -0.25) is 0 Å². The van der Waals surface area contributed by atoms with Crippen LogP contribution in [0.25, 0.3) is 0 Å². The fraction of sp³-hybridized carbons (Fsp3) is 0.520. The van der Waals surface area contributed by atoms with Gasteiger partial charge in [0.2, 0.25) is 5.96 Å². The highest BCUT2D eigenvalue weighted by molar-refractivity contribution is 5.81. The summed E-state index contributed by atoms with van der Waals surface area (Å²) in [6.07, 6.45) is 14.9. The third-order valence-electron chi connectivity index (χ3n) is 6.15. The van der Waals surface area contributed by atoms with Crippen LogP contribution in [0.2, 0.25) is 0 Å². The molecule has 154 valence electrons. The van der Waals surface area contributed by atoms with Crippen LogP contribution in [0.3, 0.4) is 0 Å². The molecule has 0 amide bonds. The number of guanidine groups is 1. The molecule has 1 heterocycles. The lowest BCUT2D eigenvalue weighted by Crippen LogP contribution is -2.38. The topological polar surface area (TPSA) is 41.7 Å². The van der Waals surface area contributed by atoms with Crippen LogP contribution < -0.4 is 10.8 Å². The van der Waals surface area contributed by atoms with E-state index in [-0.39, 0.29) is 0 Å². The summed E-state index contributed by atoms with van der Waals surface area (Å²) in [7, 11) is 0. The predicted molar refractivity (Wildman–Crippen MR) is 120 cm³/mol. The summed E-state index contributed by atoms with van der Waals surface area (Å²) >= 11 is 0. The van der Waals surface area contributed by atoms with Crippen LogP contribution in [0.5, 0.6) is 0 Å². The van der Waals surface area contributed by atoms with Crippen molar-refractivity contribution in [2.24, 2.45) is 9.98 Å². The van der Waals surface area contributed by atoms with Gasteiger partial charge in [0.15, 0.2) is 0 Å². The second kappa shape index (κ2) is 10.4. The molecule has 0 bridgehead atoms. The molecule has 1 aromatic heterocycles. The van der Waals surface area contributed by atoms with Gasteiger partial charge in [-0.25, -0.2) is 4.99 Å². The van der Waals surface area contributed by atoms with Crippen LogP contribution in [-0.4, -0.2) is 22.6 Å². The van der Waals surface area contributed by atoms with E-state index in [9.17, 15) is 0 Å². The fourth-order valence-corrected chi connectivity index (χ4v) is 4.50. The molecular formula is C25H34N4. The van der Waals surface area contributed by atoms with Gasteiger partial charge in [0, 0.05) is 18.8 Å². The standard InChI is InChI=1S/C25H34N4/c1-4-12-21(13-5-1)20-29-19-11-10-18-24(29)28-25(26-22-14-6-2-7-15-22)27-23-16-8-3-9-17-23/h1,4-5,10-13,18-19,22-23H,2-3,6-9,14-17,20H2,(H,26,27)/b28-24+. The van der Waals surface area contributed by atoms with E-state index in [1.54, 1.807) is 0 Å². The van der Waals surface area contributed by atoms with Crippen LogP contribution >= 0.6 is 0 Å². The Balaban J connectivity index is 1.61. The zero-order chi connectivity index (χ0) is 19.7. The van der Waals surface area contributed by atoms with Crippen LogP contribution in [0.1, 0.15) is 69.8 Å². The molecule has 2 saturated carbocycles. The minimum Gasteiger partial charge on any atom is -0.352 e. The Hall–Kier alpha value is -2.36. The van der Waals surface area contributed by atoms with Gasteiger partial charge >= 0.3 is 0 Å². The molecule has 0 radical (unpaired) electrons. The normalized spacial score (nSPS) is 20.0. The minimum atomic E-state index is 0.421. The Labute approximate surface area is 174 Å². The molecule has 2 aliphatic rings. The Bertz CT molecular complexity index is 840. The van der Waals surface area contributed by atoms with Crippen molar-refractivity contribution >= 4 is 5.96 Å². The second-order valence-electron chi connectivity index (χ2n) is 8.51. The van der Waals surface area contributed by atoms with E-state index in [1.807, 2.05) is 0 Å². The number of nitrogens with one attached hydrogen (secondary N) is 1. The Morgan fingerprint density at radius 1 is 0.828 bits per heavy atom. The van der Waals surface area contributed by atoms with Gasteiger partial charge in [0.05, 0.1) is 6.04 Å². The number of pyridine rings is 1. The van der Waals surface area contributed by atoms with Gasteiger partial charge in [-0.2, -0.15) is 4.99 Å². The number of rotatable bonds is 4. The van der Waals surface area contributed by atoms with Gasteiger partial charge in [-0.1, -0.05) is 74.9 Å². The molecule has 2 aliphatic carbocycles. The van der Waals surface area contributed by atoms with Crippen molar-refractivity contribution in [3.8, 4) is 0 Å². The Kier molecular flexibility index (Phi) is 7.17. The fourth-order valence-electron chi connectivity index (χ4n) is 4.50. The molecule has 4 nitrogen and oxygen atoms in total. The molecule has 2 aromatic rings. The van der Waals surface area contributed by atoms with Gasteiger partial charge in [-0.15, -0.1) is 0 Å². The molecule has 0 saturated heterocycles. The summed E-state index contributed by atoms with van der Waals surface area (Å²) < 4.78 is 2.22. The summed E-state index contributed by atoms with van der Waals surface area (Å²) in [4.78, 5) is 10.1. The first-order valence-electron chi connectivity index (χ1n) is 11.5. The molecule has 4 rings (SSSR count). The highest BCUT2D eigenvalue weighted by Gasteiger charge is 2.17. The number of aromatic nitrogens is 1. The van der Waals surface area contributed by atoms with Crippen molar-refractivity contribution < 1.29 is 0 Å². The Morgan fingerprint density at radius 3 is 2.28 bits per heavy atom. The number of aliphatic imine (C=N–C) groups is 1. The highest BCUT2D eigenvalue weighted by Crippen LogP contribution is 2.21. The average Bonchev–Trinajstić information content (AvgIpc) is 2.77. The number of benzene rings is 1. The zero-order valence-corrected chi connectivity index (χ0v) is 17.5. The van der Waals surface area contributed by atoms with E-state index in [0.29, 0.717) is 12.1 Å². The van der Waals surface area contributed by atoms with Crippen molar-refractivity contribution in [3.63, 3.8) is 0 Å². The SMILES string of the molecule is c1ccc(Cn2cccc/c2=N\C(=NC2CCCCC2)NC2CCCCC2)cc1. The monoisotopic (exact) mass is 390 g/mol. The first-order chi connectivity index (χ1) is 14.4. The third-order valence-corrected chi connectivity index (χ3v) is 6.15. The summed E-state index contributed by atoms with van der Waals surface area (Å²) in [5, 5.41) is 3.71. The van der Waals surface area contributed by atoms with Crippen LogP contribution in [-0.2, 0) is 6.54 Å². The molecule has 0 spiro atoms. The predicted octanol–water partition coefficient (Wildman–Crippen LogP) is 5.05. The summed E-state index contributed by atoms with van der Waals surface area (Å²) in [6, 6.07) is 17.8. The van der Waals surface area contributed by atoms with Crippen LogP contribution in [0.4, 0.5) is 0 Å². The van der Waals surface area contributed by atoms with E-state index in [0.717, 1.165) is 18.0 Å². The lowest BCUT2D eigenvalue weighted by Gasteiger charge is -2.25. The number of nitrogens with zero attached hydrogens (tertiary/aromatic N) is 3. The van der Waals surface area contributed by atoms with Crippen molar-refractivity contribution in [1.82, 2.24) is 9.88 Å². The van der Waals surface area contributed by atoms with Gasteiger partial charge in [0.25, 0.3) is 0 Å². The van der Waals surface area contributed by atoms with E-state index >= 15 is 0 Å². The molecule has 0 atom stereocenters. The maximum absolute atomic E-state index is 5.10. The summed E-state index contributed by atoms with van der Waals surface area (Å²) in [5.74, 6) is 0.844. The minimum absolute atomic E-state index is 0.421. The highest BCUT2D eigenvalue weighted by atomic mass is 15.2. The average molecular weight is 391 g/mol. The largest absolute Gasteiger partial charge is 0.352 e. The van der Waals surface area contributed by atoms with E-state index in [2.05, 4.69) is 64.6 Å². The maximum atomic E-state index is 5.10. The lowest BCUT2D eigenvalue weighted by atomic mass is 9.95. The maximum Gasteiger partial charge on any atom is 0.220 e. The van der Waals surface area contributed by atoms with Crippen molar-refractivity contribution in [2.75, 3.05) is 0 Å². The molecular weight excluding hydrogens is 356 g/mol. The van der Waals surface area contributed by atoms with Crippen molar-refractivity contribution in [3.05, 3.63) is 65.8 Å². The Morgan fingerprint density at radius 2 is 1.52 bits per heavy atom. The zero-order valence-electron chi connectivity index (χ0n) is 17.5. The number of hydrogen-bond acceptors (Lipinski definition) is 1. The van der Waals surface area contributed by atoms with Gasteiger partial charge in [-0.05, 0) is 43.4 Å². The molecule has 0 aliphatic heterocycles. The van der Waals surface area contributed by atoms with Gasteiger partial charge < -0.3 is 9.88 Å². The first-order valence-corrected chi connectivity index (χ1v) is 11.5. The number of hydrogen-bond donors (Lipinski definition) is 1. The molecule has 4 heteroatoms. The molecule has 2 fully saturated rings. The van der Waals surface area contributed by atoms with E-state index < -0.39 is 0 Å². The smallest absolute Gasteiger partial charge is 0.220 e. The second-order valence-corrected chi connectivity index (χ2v) is 8.51. The van der Waals surface area contributed by atoms with Crippen LogP contribution in [0, 0.1) is 0 Å². The van der Waals surface area contributed by atoms with E-state index in [4.69, 9.17) is 9.98 Å². The van der Waals surface area contributed by atoms with Crippen LogP contribution in [0.15, 0.2) is 64.7 Å². The summed E-state index contributed by atoms with van der Waals surface area (Å²) in [6.45, 7) is 0.820. The summed E-state index contributed by atoms with van der Waals surface area (Å²) in [5.41, 5.74) is 2.25. The molecule has 29 heavy (non-hydrogen) atoms. The molecule has 0 unspecified atom stereocenters. The lowest BCUT2D eigenvalue weighted by molar-refractivity contribution is 0.407. The quantitative estimate of drug-likeness (QED) is 0.576. The van der Waals surface area contributed by atoms with Crippen molar-refractivity contribution in [2.45, 2.75) is 82.8 Å². The first kappa shape index (κ1) is 19.9. The van der Waals surface area contributed by atoms with E-state index in [1.165, 1.54) is 69.8 Å². The molecule has 1 N–H and O–H groups in total. The third kappa shape index (κ3) is 6.06. The molecule has 1 aromatic carbocycles. The van der Waals surface area contributed by atoms with Crippen molar-refractivity contribution in [1.29, 1.82) is 0 Å².